The third kappa shape index (κ3) is 5.26. The molecule has 1 aromatic carbocycles. The van der Waals surface area contributed by atoms with Crippen molar-refractivity contribution in [2.45, 2.75) is 46.1 Å². The Hall–Kier alpha value is -0.0600. The number of ether oxygens (including phenoxy) is 1. The van der Waals surface area contributed by atoms with E-state index in [1.807, 2.05) is 6.92 Å². The van der Waals surface area contributed by atoms with Crippen molar-refractivity contribution in [1.29, 1.82) is 0 Å². The highest BCUT2D eigenvalue weighted by molar-refractivity contribution is 9.11. The maximum atomic E-state index is 5.62. The SMILES string of the molecule is CCOc1c(Br)cc(CNCC2CCC(C)CC2)cc1Br. The van der Waals surface area contributed by atoms with Gasteiger partial charge in [-0.1, -0.05) is 19.8 Å². The molecule has 0 heterocycles. The number of nitrogens with one attached hydrogen (secondary N) is 1. The Bertz CT molecular complexity index is 433. The van der Waals surface area contributed by atoms with E-state index in [1.54, 1.807) is 0 Å². The molecule has 2 rings (SSSR count). The molecule has 0 radical (unpaired) electrons. The molecule has 0 atom stereocenters. The van der Waals surface area contributed by atoms with Gasteiger partial charge in [-0.05, 0) is 87.7 Å². The molecule has 1 N–H and O–H groups in total. The summed E-state index contributed by atoms with van der Waals surface area (Å²) in [5.41, 5.74) is 1.28. The van der Waals surface area contributed by atoms with Crippen LogP contribution < -0.4 is 10.1 Å². The van der Waals surface area contributed by atoms with Gasteiger partial charge in [-0.2, -0.15) is 0 Å². The predicted molar refractivity (Wildman–Crippen MR) is 95.8 cm³/mol. The number of benzene rings is 1. The molecular formula is C17H25Br2NO. The Balaban J connectivity index is 1.83. The standard InChI is InChI=1S/C17H25Br2NO/c1-3-21-17-15(18)8-14(9-16(17)19)11-20-10-13-6-4-12(2)5-7-13/h8-9,12-13,20H,3-7,10-11H2,1-2H3. The van der Waals surface area contributed by atoms with E-state index in [-0.39, 0.29) is 0 Å². The van der Waals surface area contributed by atoms with Crippen molar-refractivity contribution in [2.24, 2.45) is 11.8 Å². The lowest BCUT2D eigenvalue weighted by Gasteiger charge is -2.26. The smallest absolute Gasteiger partial charge is 0.147 e. The van der Waals surface area contributed by atoms with E-state index in [2.05, 4.69) is 56.2 Å². The Morgan fingerprint density at radius 1 is 1.14 bits per heavy atom. The second kappa shape index (κ2) is 8.54. The van der Waals surface area contributed by atoms with Gasteiger partial charge >= 0.3 is 0 Å². The van der Waals surface area contributed by atoms with Crippen LogP contribution in [0, 0.1) is 11.8 Å². The van der Waals surface area contributed by atoms with Crippen LogP contribution in [-0.2, 0) is 6.54 Å². The molecule has 1 saturated carbocycles. The molecule has 0 spiro atoms. The van der Waals surface area contributed by atoms with Crippen LogP contribution in [0.2, 0.25) is 0 Å². The molecule has 4 heteroatoms. The maximum absolute atomic E-state index is 5.62. The Morgan fingerprint density at radius 3 is 2.33 bits per heavy atom. The zero-order valence-electron chi connectivity index (χ0n) is 12.9. The van der Waals surface area contributed by atoms with E-state index in [9.17, 15) is 0 Å². The van der Waals surface area contributed by atoms with Crippen LogP contribution in [0.25, 0.3) is 0 Å². The molecule has 0 aromatic heterocycles. The lowest BCUT2D eigenvalue weighted by Crippen LogP contribution is -2.25. The molecule has 1 aliphatic carbocycles. The fourth-order valence-corrected chi connectivity index (χ4v) is 4.46. The van der Waals surface area contributed by atoms with E-state index >= 15 is 0 Å². The summed E-state index contributed by atoms with van der Waals surface area (Å²) in [6, 6.07) is 4.29. The maximum Gasteiger partial charge on any atom is 0.147 e. The Morgan fingerprint density at radius 2 is 1.76 bits per heavy atom. The molecule has 0 amide bonds. The van der Waals surface area contributed by atoms with Crippen molar-refractivity contribution in [1.82, 2.24) is 5.32 Å². The molecule has 1 fully saturated rings. The first-order valence-corrected chi connectivity index (χ1v) is 9.50. The summed E-state index contributed by atoms with van der Waals surface area (Å²) >= 11 is 7.18. The van der Waals surface area contributed by atoms with Gasteiger partial charge in [0, 0.05) is 6.54 Å². The molecule has 118 valence electrons. The van der Waals surface area contributed by atoms with Gasteiger partial charge in [-0.15, -0.1) is 0 Å². The monoisotopic (exact) mass is 417 g/mol. The molecule has 21 heavy (non-hydrogen) atoms. The minimum atomic E-state index is 0.675. The van der Waals surface area contributed by atoms with Crippen molar-refractivity contribution in [3.05, 3.63) is 26.6 Å². The third-order valence-electron chi connectivity index (χ3n) is 4.24. The first-order valence-electron chi connectivity index (χ1n) is 7.91. The van der Waals surface area contributed by atoms with Gasteiger partial charge in [-0.3, -0.25) is 0 Å². The van der Waals surface area contributed by atoms with Crippen LogP contribution in [-0.4, -0.2) is 13.2 Å². The van der Waals surface area contributed by atoms with Gasteiger partial charge in [0.2, 0.25) is 0 Å². The second-order valence-electron chi connectivity index (χ2n) is 6.08. The average molecular weight is 419 g/mol. The number of halogens is 2. The lowest BCUT2D eigenvalue weighted by molar-refractivity contribution is 0.281. The van der Waals surface area contributed by atoms with Crippen molar-refractivity contribution in [2.75, 3.05) is 13.2 Å². The fourth-order valence-electron chi connectivity index (χ4n) is 2.95. The summed E-state index contributed by atoms with van der Waals surface area (Å²) in [4.78, 5) is 0. The third-order valence-corrected chi connectivity index (χ3v) is 5.42. The number of rotatable bonds is 6. The summed E-state index contributed by atoms with van der Waals surface area (Å²) < 4.78 is 7.65. The first kappa shape index (κ1) is 17.3. The molecule has 0 bridgehead atoms. The second-order valence-corrected chi connectivity index (χ2v) is 7.79. The van der Waals surface area contributed by atoms with E-state index in [1.165, 1.54) is 31.2 Å². The summed E-state index contributed by atoms with van der Waals surface area (Å²) in [6.45, 7) is 7.09. The first-order chi connectivity index (χ1) is 10.1. The normalized spacial score (nSPS) is 22.3. The minimum absolute atomic E-state index is 0.675. The average Bonchev–Trinajstić information content (AvgIpc) is 2.45. The van der Waals surface area contributed by atoms with Crippen molar-refractivity contribution < 1.29 is 4.74 Å². The fraction of sp³-hybridized carbons (Fsp3) is 0.647. The van der Waals surface area contributed by atoms with E-state index in [0.29, 0.717) is 6.61 Å². The summed E-state index contributed by atoms with van der Waals surface area (Å²) in [5.74, 6) is 2.68. The van der Waals surface area contributed by atoms with Crippen LogP contribution in [0.15, 0.2) is 21.1 Å². The summed E-state index contributed by atoms with van der Waals surface area (Å²) in [7, 11) is 0. The van der Waals surface area contributed by atoms with Crippen LogP contribution in [0.5, 0.6) is 5.75 Å². The van der Waals surface area contributed by atoms with Gasteiger partial charge < -0.3 is 10.1 Å². The number of hydrogen-bond acceptors (Lipinski definition) is 2. The topological polar surface area (TPSA) is 21.3 Å². The molecule has 0 aliphatic heterocycles. The van der Waals surface area contributed by atoms with E-state index < -0.39 is 0 Å². The van der Waals surface area contributed by atoms with Gasteiger partial charge in [-0.25, -0.2) is 0 Å². The lowest BCUT2D eigenvalue weighted by atomic mass is 9.83. The molecule has 1 aliphatic rings. The molecule has 1 aromatic rings. The highest BCUT2D eigenvalue weighted by Crippen LogP contribution is 2.35. The van der Waals surface area contributed by atoms with Gasteiger partial charge in [0.05, 0.1) is 15.6 Å². The van der Waals surface area contributed by atoms with Gasteiger partial charge in [0.15, 0.2) is 0 Å². The van der Waals surface area contributed by atoms with Crippen LogP contribution in [0.1, 0.15) is 45.1 Å². The zero-order chi connectivity index (χ0) is 15.2. The van der Waals surface area contributed by atoms with Crippen LogP contribution in [0.4, 0.5) is 0 Å². The van der Waals surface area contributed by atoms with Crippen LogP contribution >= 0.6 is 31.9 Å². The molecular weight excluding hydrogens is 394 g/mol. The highest BCUT2D eigenvalue weighted by Gasteiger charge is 2.17. The van der Waals surface area contributed by atoms with Gasteiger partial charge in [0.25, 0.3) is 0 Å². The van der Waals surface area contributed by atoms with Gasteiger partial charge in [0.1, 0.15) is 5.75 Å². The largest absolute Gasteiger partial charge is 0.492 e. The van der Waals surface area contributed by atoms with Crippen molar-refractivity contribution in [3.63, 3.8) is 0 Å². The van der Waals surface area contributed by atoms with E-state index in [4.69, 9.17) is 4.74 Å². The van der Waals surface area contributed by atoms with E-state index in [0.717, 1.165) is 39.6 Å². The minimum Gasteiger partial charge on any atom is -0.492 e. The Kier molecular flexibility index (Phi) is 7.03. The van der Waals surface area contributed by atoms with Crippen molar-refractivity contribution >= 4 is 31.9 Å². The molecule has 0 saturated heterocycles. The van der Waals surface area contributed by atoms with Crippen molar-refractivity contribution in [3.8, 4) is 5.75 Å². The summed E-state index contributed by atoms with van der Waals surface area (Å²) in [5, 5.41) is 3.61. The highest BCUT2D eigenvalue weighted by atomic mass is 79.9. The molecule has 2 nitrogen and oxygen atoms in total. The molecule has 0 unspecified atom stereocenters. The Labute approximate surface area is 145 Å². The predicted octanol–water partition coefficient (Wildman–Crippen LogP) is 5.53. The number of hydrogen-bond donors (Lipinski definition) is 1. The quantitative estimate of drug-likeness (QED) is 0.655. The van der Waals surface area contributed by atoms with Crippen LogP contribution in [0.3, 0.4) is 0 Å². The zero-order valence-corrected chi connectivity index (χ0v) is 16.1. The summed E-state index contributed by atoms with van der Waals surface area (Å²) in [6.07, 6.45) is 5.55.